The van der Waals surface area contributed by atoms with Gasteiger partial charge in [0.15, 0.2) is 0 Å². The van der Waals surface area contributed by atoms with Crippen LogP contribution in [0.3, 0.4) is 0 Å². The molecule has 0 radical (unpaired) electrons. The summed E-state index contributed by atoms with van der Waals surface area (Å²) >= 11 is 0. The van der Waals surface area contributed by atoms with Crippen molar-refractivity contribution in [2.24, 2.45) is 0 Å². The summed E-state index contributed by atoms with van der Waals surface area (Å²) in [6.45, 7) is 2.36. The maximum atomic E-state index is 14.7. The maximum absolute atomic E-state index is 14.7. The van der Waals surface area contributed by atoms with Gasteiger partial charge in [0.25, 0.3) is 0 Å². The van der Waals surface area contributed by atoms with Crippen LogP contribution in [-0.2, 0) is 21.2 Å². The van der Waals surface area contributed by atoms with E-state index in [0.717, 1.165) is 17.4 Å². The highest BCUT2D eigenvalue weighted by molar-refractivity contribution is 7.88. The van der Waals surface area contributed by atoms with Gasteiger partial charge < -0.3 is 9.64 Å². The molecule has 0 spiro atoms. The van der Waals surface area contributed by atoms with E-state index in [1.807, 2.05) is 30.3 Å². The van der Waals surface area contributed by atoms with Gasteiger partial charge in [-0.3, -0.25) is 0 Å². The van der Waals surface area contributed by atoms with Gasteiger partial charge in [-0.15, -0.1) is 0 Å². The molecule has 0 saturated carbocycles. The Balaban J connectivity index is 1.94. The first kappa shape index (κ1) is 22.2. The Morgan fingerprint density at radius 1 is 1.20 bits per heavy atom. The molecule has 1 heterocycles. The predicted molar refractivity (Wildman–Crippen MR) is 114 cm³/mol. The Morgan fingerprint density at radius 2 is 1.93 bits per heavy atom. The summed E-state index contributed by atoms with van der Waals surface area (Å²) in [6.07, 6.45) is 1.95. The fourth-order valence-corrected chi connectivity index (χ4v) is 4.75. The molecule has 0 unspecified atom stereocenters. The average molecular weight is 435 g/mol. The lowest BCUT2D eigenvalue weighted by Gasteiger charge is -2.40. The standard InChI is InChI=1S/C22H27FN2O4S/c1-3-29-22(26)25-13-7-10-20(24-30(2,27)28)21(25)15-18-14-17(11-12-19(18)23)16-8-5-4-6-9-16/h4-6,8-9,11-12,14,20-21,24H,3,7,10,13,15H2,1-2H3/t20-,21-/m0/s1. The van der Waals surface area contributed by atoms with Crippen molar-refractivity contribution in [2.75, 3.05) is 19.4 Å². The molecule has 2 atom stereocenters. The zero-order valence-electron chi connectivity index (χ0n) is 17.2. The van der Waals surface area contributed by atoms with E-state index in [1.165, 1.54) is 11.0 Å². The van der Waals surface area contributed by atoms with E-state index in [2.05, 4.69) is 4.72 Å². The monoisotopic (exact) mass is 434 g/mol. The van der Waals surface area contributed by atoms with Gasteiger partial charge in [0.1, 0.15) is 5.82 Å². The smallest absolute Gasteiger partial charge is 0.410 e. The predicted octanol–water partition coefficient (Wildman–Crippen LogP) is 3.57. The van der Waals surface area contributed by atoms with Crippen LogP contribution in [0.25, 0.3) is 11.1 Å². The number of hydrogen-bond donors (Lipinski definition) is 1. The minimum atomic E-state index is -3.49. The Kier molecular flexibility index (Phi) is 7.10. The summed E-state index contributed by atoms with van der Waals surface area (Å²) in [6, 6.07) is 13.4. The summed E-state index contributed by atoms with van der Waals surface area (Å²) in [5.41, 5.74) is 2.24. The van der Waals surface area contributed by atoms with Crippen molar-refractivity contribution in [2.45, 2.75) is 38.3 Å². The number of amides is 1. The second kappa shape index (κ2) is 9.57. The van der Waals surface area contributed by atoms with Crippen molar-refractivity contribution in [3.05, 3.63) is 59.9 Å². The number of benzene rings is 2. The number of sulfonamides is 1. The number of piperidine rings is 1. The van der Waals surface area contributed by atoms with Gasteiger partial charge in [0, 0.05) is 12.6 Å². The first-order chi connectivity index (χ1) is 14.3. The van der Waals surface area contributed by atoms with Gasteiger partial charge in [-0.2, -0.15) is 0 Å². The van der Waals surface area contributed by atoms with Crippen LogP contribution in [0, 0.1) is 5.82 Å². The molecule has 0 bridgehead atoms. The summed E-state index contributed by atoms with van der Waals surface area (Å²) in [4.78, 5) is 14.0. The second-order valence-corrected chi connectivity index (χ2v) is 9.25. The molecular formula is C22H27FN2O4S. The van der Waals surface area contributed by atoms with Crippen LogP contribution in [0.15, 0.2) is 48.5 Å². The quantitative estimate of drug-likeness (QED) is 0.754. The van der Waals surface area contributed by atoms with E-state index < -0.39 is 28.2 Å². The Labute approximate surface area is 177 Å². The molecule has 1 amide bonds. The lowest BCUT2D eigenvalue weighted by Crippen LogP contribution is -2.57. The van der Waals surface area contributed by atoms with Crippen molar-refractivity contribution < 1.29 is 22.3 Å². The molecule has 6 nitrogen and oxygen atoms in total. The van der Waals surface area contributed by atoms with Crippen molar-refractivity contribution in [1.29, 1.82) is 0 Å². The van der Waals surface area contributed by atoms with Crippen LogP contribution in [0.2, 0.25) is 0 Å². The van der Waals surface area contributed by atoms with Crippen LogP contribution >= 0.6 is 0 Å². The van der Waals surface area contributed by atoms with Gasteiger partial charge in [-0.1, -0.05) is 36.4 Å². The number of likely N-dealkylation sites (tertiary alicyclic amines) is 1. The Hall–Kier alpha value is -2.45. The number of carbonyl (C=O) groups excluding carboxylic acids is 1. The van der Waals surface area contributed by atoms with Gasteiger partial charge in [0.05, 0.1) is 18.9 Å². The molecular weight excluding hydrogens is 407 g/mol. The number of rotatable bonds is 6. The van der Waals surface area contributed by atoms with E-state index in [-0.39, 0.29) is 18.8 Å². The van der Waals surface area contributed by atoms with Gasteiger partial charge in [0.2, 0.25) is 10.0 Å². The van der Waals surface area contributed by atoms with E-state index >= 15 is 0 Å². The van der Waals surface area contributed by atoms with E-state index in [1.54, 1.807) is 19.1 Å². The van der Waals surface area contributed by atoms with E-state index in [9.17, 15) is 17.6 Å². The largest absolute Gasteiger partial charge is 0.450 e. The molecule has 1 aliphatic heterocycles. The Morgan fingerprint density at radius 3 is 2.60 bits per heavy atom. The second-order valence-electron chi connectivity index (χ2n) is 7.47. The van der Waals surface area contributed by atoms with Gasteiger partial charge >= 0.3 is 6.09 Å². The zero-order valence-corrected chi connectivity index (χ0v) is 18.0. The minimum absolute atomic E-state index is 0.179. The average Bonchev–Trinajstić information content (AvgIpc) is 2.70. The zero-order chi connectivity index (χ0) is 21.7. The molecule has 1 N–H and O–H groups in total. The first-order valence-electron chi connectivity index (χ1n) is 10.0. The van der Waals surface area contributed by atoms with Crippen LogP contribution < -0.4 is 4.72 Å². The molecule has 3 rings (SSSR count). The van der Waals surface area contributed by atoms with Crippen molar-refractivity contribution in [3.63, 3.8) is 0 Å². The number of carbonyl (C=O) groups is 1. The third-order valence-corrected chi connectivity index (χ3v) is 5.96. The highest BCUT2D eigenvalue weighted by Crippen LogP contribution is 2.27. The Bertz CT molecular complexity index is 982. The van der Waals surface area contributed by atoms with E-state index in [0.29, 0.717) is 24.9 Å². The van der Waals surface area contributed by atoms with Crippen LogP contribution in [0.4, 0.5) is 9.18 Å². The molecule has 1 fully saturated rings. The highest BCUT2D eigenvalue weighted by Gasteiger charge is 2.37. The minimum Gasteiger partial charge on any atom is -0.450 e. The molecule has 1 saturated heterocycles. The third-order valence-electron chi connectivity index (χ3n) is 5.23. The molecule has 1 aliphatic rings. The highest BCUT2D eigenvalue weighted by atomic mass is 32.2. The molecule has 0 aromatic heterocycles. The summed E-state index contributed by atoms with van der Waals surface area (Å²) < 4.78 is 46.3. The summed E-state index contributed by atoms with van der Waals surface area (Å²) in [5, 5.41) is 0. The molecule has 162 valence electrons. The van der Waals surface area contributed by atoms with Crippen LogP contribution in [-0.4, -0.2) is 50.9 Å². The van der Waals surface area contributed by atoms with E-state index in [4.69, 9.17) is 4.74 Å². The number of nitrogens with one attached hydrogen (secondary N) is 1. The first-order valence-corrected chi connectivity index (χ1v) is 11.9. The van der Waals surface area contributed by atoms with Gasteiger partial charge in [-0.05, 0) is 55.0 Å². The number of ether oxygens (including phenoxy) is 1. The van der Waals surface area contributed by atoms with Gasteiger partial charge in [-0.25, -0.2) is 22.3 Å². The SMILES string of the molecule is CCOC(=O)N1CCC[C@H](NS(C)(=O)=O)[C@@H]1Cc1cc(-c2ccccc2)ccc1F. The number of nitrogens with zero attached hydrogens (tertiary/aromatic N) is 1. The van der Waals surface area contributed by atoms with Crippen LogP contribution in [0.1, 0.15) is 25.3 Å². The normalized spacial score (nSPS) is 19.5. The number of halogens is 1. The van der Waals surface area contributed by atoms with Crippen LogP contribution in [0.5, 0.6) is 0 Å². The summed E-state index contributed by atoms with van der Waals surface area (Å²) in [7, 11) is -3.49. The molecule has 30 heavy (non-hydrogen) atoms. The lowest BCUT2D eigenvalue weighted by atomic mass is 9.90. The molecule has 0 aliphatic carbocycles. The third kappa shape index (κ3) is 5.58. The van der Waals surface area contributed by atoms with Crippen molar-refractivity contribution >= 4 is 16.1 Å². The van der Waals surface area contributed by atoms with Crippen molar-refractivity contribution in [3.8, 4) is 11.1 Å². The molecule has 2 aromatic carbocycles. The fourth-order valence-electron chi connectivity index (χ4n) is 3.92. The number of hydrogen-bond acceptors (Lipinski definition) is 4. The maximum Gasteiger partial charge on any atom is 0.410 e. The summed E-state index contributed by atoms with van der Waals surface area (Å²) in [5.74, 6) is -0.387. The van der Waals surface area contributed by atoms with Crippen molar-refractivity contribution in [1.82, 2.24) is 9.62 Å². The fraction of sp³-hybridized carbons (Fsp3) is 0.409. The topological polar surface area (TPSA) is 75.7 Å². The molecule has 8 heteroatoms. The molecule has 2 aromatic rings. The lowest BCUT2D eigenvalue weighted by molar-refractivity contribution is 0.0676.